The van der Waals surface area contributed by atoms with Crippen LogP contribution in [-0.4, -0.2) is 38.0 Å². The first-order valence-corrected chi connectivity index (χ1v) is 14.0. The summed E-state index contributed by atoms with van der Waals surface area (Å²) in [5.74, 6) is 0.690. The Morgan fingerprint density at radius 1 is 1.11 bits per heavy atom. The molecule has 11 heteroatoms. The molecule has 3 aromatic rings. The second-order valence-electron chi connectivity index (χ2n) is 7.41. The molecule has 1 aliphatic heterocycles. The SMILES string of the molecule is C=CCN1C(=O)C(=Cc2ccc(OC)c(OCc3ccccc3)c2)SC1=NS(=O)(=O)c1ccc(Cl)s1. The number of thioether (sulfide) groups is 1. The molecule has 186 valence electrons. The Labute approximate surface area is 222 Å². The van der Waals surface area contributed by atoms with Crippen LogP contribution in [0.1, 0.15) is 11.1 Å². The molecule has 1 aromatic heterocycles. The first kappa shape index (κ1) is 26.0. The van der Waals surface area contributed by atoms with E-state index >= 15 is 0 Å². The number of hydrogen-bond acceptors (Lipinski definition) is 7. The molecule has 1 aliphatic rings. The average Bonchev–Trinajstić information content (AvgIpc) is 3.43. The number of rotatable bonds is 9. The highest BCUT2D eigenvalue weighted by Gasteiger charge is 2.34. The third kappa shape index (κ3) is 6.01. The molecule has 0 spiro atoms. The van der Waals surface area contributed by atoms with Gasteiger partial charge in [-0.2, -0.15) is 8.42 Å². The van der Waals surface area contributed by atoms with E-state index in [1.807, 2.05) is 30.3 Å². The van der Waals surface area contributed by atoms with E-state index < -0.39 is 10.0 Å². The molecule has 0 atom stereocenters. The van der Waals surface area contributed by atoms with E-state index in [0.717, 1.165) is 28.7 Å². The van der Waals surface area contributed by atoms with Gasteiger partial charge in [0.25, 0.3) is 15.9 Å². The maximum atomic E-state index is 13.1. The highest BCUT2D eigenvalue weighted by Crippen LogP contribution is 2.36. The van der Waals surface area contributed by atoms with Crippen molar-refractivity contribution in [2.75, 3.05) is 13.7 Å². The van der Waals surface area contributed by atoms with Crippen molar-refractivity contribution in [3.8, 4) is 11.5 Å². The molecule has 0 unspecified atom stereocenters. The molecular weight excluding hydrogens is 540 g/mol. The second kappa shape index (κ2) is 11.3. The fourth-order valence-electron chi connectivity index (χ4n) is 3.23. The summed E-state index contributed by atoms with van der Waals surface area (Å²) < 4.78 is 41.2. The van der Waals surface area contributed by atoms with Crippen LogP contribution in [0.3, 0.4) is 0 Å². The molecule has 0 N–H and O–H groups in total. The third-order valence-corrected chi connectivity index (χ3v) is 9.01. The third-order valence-electron chi connectivity index (χ3n) is 4.92. The van der Waals surface area contributed by atoms with Crippen LogP contribution in [0.15, 0.2) is 86.8 Å². The van der Waals surface area contributed by atoms with Crippen molar-refractivity contribution in [1.82, 2.24) is 4.90 Å². The van der Waals surface area contributed by atoms with E-state index in [-0.39, 0.29) is 21.8 Å². The van der Waals surface area contributed by atoms with Crippen molar-refractivity contribution in [2.45, 2.75) is 10.8 Å². The van der Waals surface area contributed by atoms with Crippen LogP contribution in [0.4, 0.5) is 0 Å². The molecule has 0 bridgehead atoms. The number of amides is 1. The summed E-state index contributed by atoms with van der Waals surface area (Å²) in [7, 11) is -2.48. The first-order valence-electron chi connectivity index (χ1n) is 10.6. The van der Waals surface area contributed by atoms with Gasteiger partial charge in [-0.15, -0.1) is 22.3 Å². The Balaban J connectivity index is 1.63. The summed E-state index contributed by atoms with van der Waals surface area (Å²) in [4.78, 5) is 14.7. The quantitative estimate of drug-likeness (QED) is 0.241. The number of carbonyl (C=O) groups excluding carboxylic acids is 1. The van der Waals surface area contributed by atoms with Crippen LogP contribution in [0.5, 0.6) is 11.5 Å². The molecule has 2 heterocycles. The van der Waals surface area contributed by atoms with Crippen molar-refractivity contribution >= 4 is 61.9 Å². The zero-order valence-corrected chi connectivity index (χ0v) is 22.3. The summed E-state index contributed by atoms with van der Waals surface area (Å²) >= 11 is 7.76. The number of methoxy groups -OCH3 is 1. The van der Waals surface area contributed by atoms with E-state index in [0.29, 0.717) is 32.9 Å². The number of thiophene rings is 1. The summed E-state index contributed by atoms with van der Waals surface area (Å²) in [6.45, 7) is 4.12. The number of nitrogens with zero attached hydrogens (tertiary/aromatic N) is 2. The van der Waals surface area contributed by atoms with E-state index in [2.05, 4.69) is 11.0 Å². The van der Waals surface area contributed by atoms with E-state index in [1.165, 1.54) is 23.1 Å². The van der Waals surface area contributed by atoms with Crippen molar-refractivity contribution in [2.24, 2.45) is 4.40 Å². The maximum Gasteiger partial charge on any atom is 0.294 e. The summed E-state index contributed by atoms with van der Waals surface area (Å²) in [6.07, 6.45) is 3.17. The first-order chi connectivity index (χ1) is 17.3. The van der Waals surface area contributed by atoms with Crippen molar-refractivity contribution in [1.29, 1.82) is 0 Å². The number of halogens is 1. The number of amidine groups is 1. The average molecular weight is 561 g/mol. The molecule has 4 rings (SSSR count). The zero-order valence-electron chi connectivity index (χ0n) is 19.1. The summed E-state index contributed by atoms with van der Waals surface area (Å²) in [6, 6.07) is 17.9. The predicted octanol–water partition coefficient (Wildman–Crippen LogP) is 5.84. The lowest BCUT2D eigenvalue weighted by atomic mass is 10.1. The van der Waals surface area contributed by atoms with Gasteiger partial charge < -0.3 is 9.47 Å². The minimum Gasteiger partial charge on any atom is -0.493 e. The molecule has 0 aliphatic carbocycles. The Kier molecular flexibility index (Phi) is 8.20. The Hall–Kier alpha value is -3.05. The Bertz CT molecular complexity index is 1450. The summed E-state index contributed by atoms with van der Waals surface area (Å²) in [5, 5.41) is 0.0461. The van der Waals surface area contributed by atoms with Gasteiger partial charge in [-0.3, -0.25) is 9.69 Å². The highest BCUT2D eigenvalue weighted by molar-refractivity contribution is 8.19. The van der Waals surface area contributed by atoms with Crippen LogP contribution < -0.4 is 9.47 Å². The van der Waals surface area contributed by atoms with Crippen molar-refractivity contribution in [3.05, 3.63) is 93.7 Å². The lowest BCUT2D eigenvalue weighted by molar-refractivity contribution is -0.121. The number of sulfonamides is 1. The molecular formula is C25H21ClN2O5S3. The smallest absolute Gasteiger partial charge is 0.294 e. The van der Waals surface area contributed by atoms with Crippen LogP contribution in [0.25, 0.3) is 6.08 Å². The van der Waals surface area contributed by atoms with Gasteiger partial charge in [-0.25, -0.2) is 0 Å². The van der Waals surface area contributed by atoms with Gasteiger partial charge in [-0.1, -0.05) is 54.1 Å². The normalized spacial score (nSPS) is 16.1. The van der Waals surface area contributed by atoms with Crippen LogP contribution >= 0.6 is 34.7 Å². The van der Waals surface area contributed by atoms with Gasteiger partial charge in [0, 0.05) is 6.54 Å². The van der Waals surface area contributed by atoms with Gasteiger partial charge in [0.15, 0.2) is 16.7 Å². The Morgan fingerprint density at radius 3 is 2.56 bits per heavy atom. The lowest BCUT2D eigenvalue weighted by Crippen LogP contribution is -2.29. The van der Waals surface area contributed by atoms with Crippen molar-refractivity contribution in [3.63, 3.8) is 0 Å². The molecule has 1 fully saturated rings. The zero-order chi connectivity index (χ0) is 25.7. The number of ether oxygens (including phenoxy) is 2. The molecule has 7 nitrogen and oxygen atoms in total. The van der Waals surface area contributed by atoms with Gasteiger partial charge in [-0.05, 0) is 53.2 Å². The van der Waals surface area contributed by atoms with E-state index in [1.54, 1.807) is 31.4 Å². The maximum absolute atomic E-state index is 13.1. The molecule has 1 amide bonds. The van der Waals surface area contributed by atoms with Crippen LogP contribution in [0, 0.1) is 0 Å². The second-order valence-corrected chi connectivity index (χ2v) is 12.0. The standard InChI is InChI=1S/C25H21ClN2O5S3/c1-3-13-28-24(29)21(34-25(28)27-36(30,31)23-12-11-22(26)35-23)15-18-9-10-19(32-2)20(14-18)33-16-17-7-5-4-6-8-17/h3-12,14-15H,1,13,16H2,2H3. The summed E-state index contributed by atoms with van der Waals surface area (Å²) in [5.41, 5.74) is 1.68. The minimum atomic E-state index is -4.03. The van der Waals surface area contributed by atoms with Gasteiger partial charge >= 0.3 is 0 Å². The van der Waals surface area contributed by atoms with Crippen LogP contribution in [0.2, 0.25) is 4.34 Å². The molecule has 36 heavy (non-hydrogen) atoms. The van der Waals surface area contributed by atoms with Gasteiger partial charge in [0.05, 0.1) is 16.4 Å². The predicted molar refractivity (Wildman–Crippen MR) is 145 cm³/mol. The molecule has 2 aromatic carbocycles. The largest absolute Gasteiger partial charge is 0.493 e. The van der Waals surface area contributed by atoms with E-state index in [4.69, 9.17) is 21.1 Å². The van der Waals surface area contributed by atoms with Crippen molar-refractivity contribution < 1.29 is 22.7 Å². The van der Waals surface area contributed by atoms with E-state index in [9.17, 15) is 13.2 Å². The van der Waals surface area contributed by atoms with Crippen LogP contribution in [-0.2, 0) is 21.4 Å². The molecule has 0 saturated carbocycles. The number of benzene rings is 2. The number of carbonyl (C=O) groups is 1. The number of hydrogen-bond donors (Lipinski definition) is 0. The van der Waals surface area contributed by atoms with Gasteiger partial charge in [0.1, 0.15) is 10.8 Å². The highest BCUT2D eigenvalue weighted by atomic mass is 35.5. The molecule has 0 radical (unpaired) electrons. The van der Waals surface area contributed by atoms with Gasteiger partial charge in [0.2, 0.25) is 0 Å². The Morgan fingerprint density at radius 2 is 1.89 bits per heavy atom. The fraction of sp³-hybridized carbons (Fsp3) is 0.120. The minimum absolute atomic E-state index is 0.000562. The fourth-order valence-corrected chi connectivity index (χ4v) is 6.88. The lowest BCUT2D eigenvalue weighted by Gasteiger charge is -2.12. The molecule has 1 saturated heterocycles. The monoisotopic (exact) mass is 560 g/mol. The topological polar surface area (TPSA) is 85.3 Å².